The summed E-state index contributed by atoms with van der Waals surface area (Å²) in [6, 6.07) is 7.01. The molecule has 2 heterocycles. The lowest BCUT2D eigenvalue weighted by molar-refractivity contribution is 0.0525. The van der Waals surface area contributed by atoms with Gasteiger partial charge in [-0.2, -0.15) is 0 Å². The molecule has 1 N–H and O–H groups in total. The van der Waals surface area contributed by atoms with Gasteiger partial charge in [-0.3, -0.25) is 4.79 Å². The summed E-state index contributed by atoms with van der Waals surface area (Å²) < 4.78 is 10.6. The van der Waals surface area contributed by atoms with Gasteiger partial charge in [-0.05, 0) is 50.6 Å². The normalized spacial score (nSPS) is 10.9. The molecule has 3 rings (SSSR count). The van der Waals surface area contributed by atoms with Gasteiger partial charge in [0.05, 0.1) is 23.6 Å². The Labute approximate surface area is 170 Å². The third kappa shape index (κ3) is 4.28. The number of aromatic amines is 1. The topological polar surface area (TPSA) is 98.1 Å². The van der Waals surface area contributed by atoms with Crippen LogP contribution in [0.3, 0.4) is 0 Å². The number of carbonyl (C=O) groups excluding carboxylic acids is 2. The zero-order valence-electron chi connectivity index (χ0n) is 15.5. The highest BCUT2D eigenvalue weighted by Crippen LogP contribution is 2.26. The first kappa shape index (κ1) is 20.2. The Morgan fingerprint density at radius 3 is 2.61 bits per heavy atom. The molecule has 0 bridgehead atoms. The number of nitrogens with zero attached hydrogens (tertiary/aromatic N) is 2. The number of H-pyrrole nitrogens is 1. The van der Waals surface area contributed by atoms with Gasteiger partial charge in [-0.15, -0.1) is 10.2 Å². The van der Waals surface area contributed by atoms with E-state index in [4.69, 9.17) is 20.8 Å². The van der Waals surface area contributed by atoms with Crippen molar-refractivity contribution in [1.29, 1.82) is 0 Å². The molecule has 0 aliphatic heterocycles. The van der Waals surface area contributed by atoms with Crippen LogP contribution in [0.15, 0.2) is 33.9 Å². The quantitative estimate of drug-likeness (QED) is 0.342. The summed E-state index contributed by atoms with van der Waals surface area (Å²) in [5.74, 6) is -0.175. The van der Waals surface area contributed by atoms with Crippen molar-refractivity contribution in [3.63, 3.8) is 0 Å². The molecule has 0 aliphatic carbocycles. The molecule has 0 atom stereocenters. The third-order valence-electron chi connectivity index (χ3n) is 4.02. The molecule has 0 unspecified atom stereocenters. The number of esters is 1. The van der Waals surface area contributed by atoms with E-state index in [-0.39, 0.29) is 23.4 Å². The Kier molecular flexibility index (Phi) is 6.21. The predicted molar refractivity (Wildman–Crippen MR) is 106 cm³/mol. The molecule has 146 valence electrons. The molecule has 7 nitrogen and oxygen atoms in total. The molecular formula is C19H18ClN3O4S. The highest BCUT2D eigenvalue weighted by molar-refractivity contribution is 7.99. The molecule has 2 aromatic heterocycles. The van der Waals surface area contributed by atoms with Crippen LogP contribution in [0.25, 0.3) is 11.5 Å². The Hall–Kier alpha value is -2.58. The number of benzene rings is 1. The van der Waals surface area contributed by atoms with Crippen LogP contribution in [0.4, 0.5) is 0 Å². The molecule has 1 aromatic carbocycles. The molecule has 3 aromatic rings. The second kappa shape index (κ2) is 8.62. The lowest BCUT2D eigenvalue weighted by atomic mass is 10.1. The zero-order chi connectivity index (χ0) is 20.3. The van der Waals surface area contributed by atoms with Crippen LogP contribution >= 0.6 is 23.4 Å². The molecule has 0 radical (unpaired) electrons. The monoisotopic (exact) mass is 419 g/mol. The average Bonchev–Trinajstić information content (AvgIpc) is 3.25. The minimum Gasteiger partial charge on any atom is -0.462 e. The van der Waals surface area contributed by atoms with Gasteiger partial charge in [0.25, 0.3) is 5.22 Å². The van der Waals surface area contributed by atoms with E-state index < -0.39 is 5.97 Å². The van der Waals surface area contributed by atoms with Gasteiger partial charge in [0.1, 0.15) is 0 Å². The molecule has 0 spiro atoms. The number of rotatable bonds is 7. The second-order valence-electron chi connectivity index (χ2n) is 5.94. The number of hydrogen-bond donors (Lipinski definition) is 1. The van der Waals surface area contributed by atoms with Gasteiger partial charge in [0, 0.05) is 16.3 Å². The molecular weight excluding hydrogens is 402 g/mol. The number of nitrogens with one attached hydrogen (secondary N) is 1. The highest BCUT2D eigenvalue weighted by atomic mass is 35.5. The maximum Gasteiger partial charge on any atom is 0.340 e. The number of halogens is 1. The molecule has 0 fully saturated rings. The highest BCUT2D eigenvalue weighted by Gasteiger charge is 2.23. The smallest absolute Gasteiger partial charge is 0.340 e. The third-order valence-corrected chi connectivity index (χ3v) is 5.09. The van der Waals surface area contributed by atoms with Gasteiger partial charge in [0.2, 0.25) is 5.89 Å². The van der Waals surface area contributed by atoms with Crippen LogP contribution in [-0.2, 0) is 4.74 Å². The van der Waals surface area contributed by atoms with E-state index in [2.05, 4.69) is 15.2 Å². The number of aromatic nitrogens is 3. The number of carbonyl (C=O) groups is 2. The second-order valence-corrected chi connectivity index (χ2v) is 7.30. The molecule has 0 amide bonds. The number of ketones is 1. The van der Waals surface area contributed by atoms with Crippen molar-refractivity contribution in [3.05, 3.63) is 51.8 Å². The first-order valence-electron chi connectivity index (χ1n) is 8.52. The molecule has 28 heavy (non-hydrogen) atoms. The van der Waals surface area contributed by atoms with Gasteiger partial charge < -0.3 is 14.1 Å². The minimum absolute atomic E-state index is 0.0886. The van der Waals surface area contributed by atoms with Gasteiger partial charge >= 0.3 is 5.97 Å². The zero-order valence-corrected chi connectivity index (χ0v) is 17.1. The summed E-state index contributed by atoms with van der Waals surface area (Å²) in [4.78, 5) is 27.6. The molecule has 0 aliphatic rings. The average molecular weight is 420 g/mol. The first-order valence-corrected chi connectivity index (χ1v) is 9.88. The van der Waals surface area contributed by atoms with Crippen LogP contribution < -0.4 is 0 Å². The van der Waals surface area contributed by atoms with E-state index in [1.807, 2.05) is 0 Å². The van der Waals surface area contributed by atoms with Gasteiger partial charge in [-0.1, -0.05) is 23.4 Å². The fourth-order valence-corrected chi connectivity index (χ4v) is 3.48. The lowest BCUT2D eigenvalue weighted by Gasteiger charge is -2.02. The number of ether oxygens (including phenoxy) is 1. The Balaban J connectivity index is 1.69. The Bertz CT molecular complexity index is 1010. The SMILES string of the molecule is CCOC(=O)c1c(C)[nH]c(C(=O)CSc2nnc(-c3ccc(Cl)cc3)o2)c1C. The van der Waals surface area contributed by atoms with Crippen molar-refractivity contribution >= 4 is 35.1 Å². The van der Waals surface area contributed by atoms with Gasteiger partial charge in [0.15, 0.2) is 5.78 Å². The van der Waals surface area contributed by atoms with Crippen LogP contribution in [-0.4, -0.2) is 39.3 Å². The maximum atomic E-state index is 12.6. The molecule has 0 saturated carbocycles. The van der Waals surface area contributed by atoms with Crippen molar-refractivity contribution < 1.29 is 18.7 Å². The standard InChI is InChI=1S/C19H18ClN3O4S/c1-4-26-18(25)15-10(2)16(21-11(15)3)14(24)9-28-19-23-22-17(27-19)12-5-7-13(20)8-6-12/h5-8,21H,4,9H2,1-3H3. The minimum atomic E-state index is -0.440. The van der Waals surface area contributed by atoms with E-state index in [1.54, 1.807) is 45.0 Å². The molecule has 0 saturated heterocycles. The number of aryl methyl sites for hydroxylation is 1. The van der Waals surface area contributed by atoms with Crippen LogP contribution in [0.2, 0.25) is 5.02 Å². The number of thioether (sulfide) groups is 1. The summed E-state index contributed by atoms with van der Waals surface area (Å²) >= 11 is 7.00. The summed E-state index contributed by atoms with van der Waals surface area (Å²) in [5.41, 5.74) is 2.70. The van der Waals surface area contributed by atoms with E-state index in [9.17, 15) is 9.59 Å². The maximum absolute atomic E-state index is 12.6. The first-order chi connectivity index (χ1) is 13.4. The number of hydrogen-bond acceptors (Lipinski definition) is 7. The summed E-state index contributed by atoms with van der Waals surface area (Å²) in [6.07, 6.45) is 0. The van der Waals surface area contributed by atoms with Crippen molar-refractivity contribution in [3.8, 4) is 11.5 Å². The largest absolute Gasteiger partial charge is 0.462 e. The van der Waals surface area contributed by atoms with E-state index in [0.29, 0.717) is 33.4 Å². The summed E-state index contributed by atoms with van der Waals surface area (Å²) in [6.45, 7) is 5.47. The number of Topliss-reactive ketones (excluding diaryl/α,β-unsaturated/α-hetero) is 1. The Morgan fingerprint density at radius 2 is 1.93 bits per heavy atom. The lowest BCUT2D eigenvalue weighted by Crippen LogP contribution is -2.08. The van der Waals surface area contributed by atoms with E-state index >= 15 is 0 Å². The fourth-order valence-electron chi connectivity index (χ4n) is 2.71. The van der Waals surface area contributed by atoms with Crippen LogP contribution in [0.1, 0.15) is 39.0 Å². The van der Waals surface area contributed by atoms with Crippen molar-refractivity contribution in [2.45, 2.75) is 26.0 Å². The van der Waals surface area contributed by atoms with Crippen molar-refractivity contribution in [2.75, 3.05) is 12.4 Å². The van der Waals surface area contributed by atoms with Crippen LogP contribution in [0, 0.1) is 13.8 Å². The summed E-state index contributed by atoms with van der Waals surface area (Å²) in [5, 5.41) is 8.84. The van der Waals surface area contributed by atoms with Crippen molar-refractivity contribution in [1.82, 2.24) is 15.2 Å². The van der Waals surface area contributed by atoms with E-state index in [1.165, 1.54) is 0 Å². The van der Waals surface area contributed by atoms with E-state index in [0.717, 1.165) is 17.3 Å². The summed E-state index contributed by atoms with van der Waals surface area (Å²) in [7, 11) is 0. The van der Waals surface area contributed by atoms with Crippen LogP contribution in [0.5, 0.6) is 0 Å². The predicted octanol–water partition coefficient (Wildman–Crippen LogP) is 4.49. The van der Waals surface area contributed by atoms with Gasteiger partial charge in [-0.25, -0.2) is 4.79 Å². The fraction of sp³-hybridized carbons (Fsp3) is 0.263. The Morgan fingerprint density at radius 1 is 1.21 bits per heavy atom. The van der Waals surface area contributed by atoms with Crippen molar-refractivity contribution in [2.24, 2.45) is 0 Å². The molecule has 9 heteroatoms.